The summed E-state index contributed by atoms with van der Waals surface area (Å²) in [6, 6.07) is 13.0. The largest absolute Gasteiger partial charge is 0.497 e. The highest BCUT2D eigenvalue weighted by Gasteiger charge is 2.08. The Balaban J connectivity index is 1.32. The molecule has 0 fully saturated rings. The normalized spacial score (nSPS) is 10.8. The summed E-state index contributed by atoms with van der Waals surface area (Å²) in [6.07, 6.45) is 6.73. The zero-order valence-corrected chi connectivity index (χ0v) is 16.1. The number of ether oxygens (including phenoxy) is 1. The topological polar surface area (TPSA) is 72.7 Å². The lowest BCUT2D eigenvalue weighted by Crippen LogP contribution is -2.24. The molecule has 0 saturated carbocycles. The lowest BCUT2D eigenvalue weighted by molar-refractivity contribution is -0.121. The number of carbonyl (C=O) groups excluding carboxylic acids is 2. The number of nitrogens with zero attached hydrogens (tertiary/aromatic N) is 2. The Morgan fingerprint density at radius 1 is 1.07 bits per heavy atom. The van der Waals surface area contributed by atoms with E-state index in [-0.39, 0.29) is 11.7 Å². The lowest BCUT2D eigenvalue weighted by Gasteiger charge is -2.06. The zero-order chi connectivity index (χ0) is 19.8. The van der Waals surface area contributed by atoms with Gasteiger partial charge in [0.1, 0.15) is 11.6 Å². The van der Waals surface area contributed by atoms with Crippen molar-refractivity contribution in [3.05, 3.63) is 66.2 Å². The number of hydrogen-bond acceptors (Lipinski definition) is 4. The SMILES string of the molecule is COc1ccc(C(=O)CCCC(=O)NCCCc2ncc3ccccn23)cc1. The van der Waals surface area contributed by atoms with E-state index < -0.39 is 0 Å². The average molecular weight is 379 g/mol. The zero-order valence-electron chi connectivity index (χ0n) is 16.1. The number of aryl methyl sites for hydroxylation is 1. The standard InChI is InChI=1S/C22H25N3O3/c1-28-19-12-10-17(11-13-19)20(26)7-4-9-22(27)23-14-5-8-21-24-16-18-6-2-3-15-25(18)21/h2-3,6,10-13,15-16H,4-5,7-9,14H2,1H3,(H,23,27). The number of benzene rings is 1. The van der Waals surface area contributed by atoms with Gasteiger partial charge in [-0.15, -0.1) is 0 Å². The monoisotopic (exact) mass is 379 g/mol. The van der Waals surface area contributed by atoms with E-state index in [0.29, 0.717) is 31.4 Å². The van der Waals surface area contributed by atoms with Crippen molar-refractivity contribution in [1.29, 1.82) is 0 Å². The molecule has 1 amide bonds. The third-order valence-corrected chi connectivity index (χ3v) is 4.63. The number of methoxy groups -OCH3 is 1. The number of imidazole rings is 1. The molecule has 6 nitrogen and oxygen atoms in total. The highest BCUT2D eigenvalue weighted by Crippen LogP contribution is 2.14. The molecule has 0 aliphatic heterocycles. The minimum atomic E-state index is -0.0180. The van der Waals surface area contributed by atoms with Gasteiger partial charge in [-0.1, -0.05) is 6.07 Å². The molecular weight excluding hydrogens is 354 g/mol. The summed E-state index contributed by atoms with van der Waals surface area (Å²) in [5.41, 5.74) is 1.72. The third kappa shape index (κ3) is 5.19. The second-order valence-electron chi connectivity index (χ2n) is 6.63. The first-order chi connectivity index (χ1) is 13.7. The molecule has 0 spiro atoms. The van der Waals surface area contributed by atoms with E-state index in [9.17, 15) is 9.59 Å². The van der Waals surface area contributed by atoms with Gasteiger partial charge >= 0.3 is 0 Å². The van der Waals surface area contributed by atoms with Gasteiger partial charge in [0.2, 0.25) is 5.91 Å². The fourth-order valence-electron chi connectivity index (χ4n) is 3.08. The summed E-state index contributed by atoms with van der Waals surface area (Å²) in [7, 11) is 1.59. The average Bonchev–Trinajstić information content (AvgIpc) is 3.14. The van der Waals surface area contributed by atoms with Gasteiger partial charge in [-0.05, 0) is 49.2 Å². The molecule has 0 unspecified atom stereocenters. The maximum absolute atomic E-state index is 12.1. The molecule has 0 atom stereocenters. The molecule has 0 radical (unpaired) electrons. The summed E-state index contributed by atoms with van der Waals surface area (Å²) in [5.74, 6) is 1.74. The Morgan fingerprint density at radius 3 is 2.68 bits per heavy atom. The molecule has 28 heavy (non-hydrogen) atoms. The summed E-state index contributed by atoms with van der Waals surface area (Å²) >= 11 is 0. The van der Waals surface area contributed by atoms with Crippen molar-refractivity contribution in [2.45, 2.75) is 32.1 Å². The number of aromatic nitrogens is 2. The number of amides is 1. The number of carbonyl (C=O) groups is 2. The Morgan fingerprint density at radius 2 is 1.89 bits per heavy atom. The Bertz CT molecular complexity index is 932. The molecule has 2 heterocycles. The van der Waals surface area contributed by atoms with Crippen LogP contribution in [-0.4, -0.2) is 34.7 Å². The van der Waals surface area contributed by atoms with Gasteiger partial charge in [-0.25, -0.2) is 4.98 Å². The van der Waals surface area contributed by atoms with Crippen molar-refractivity contribution < 1.29 is 14.3 Å². The molecule has 1 N–H and O–H groups in total. The predicted octanol–water partition coefficient (Wildman–Crippen LogP) is 3.44. The van der Waals surface area contributed by atoms with Crippen LogP contribution in [0.5, 0.6) is 5.75 Å². The number of rotatable bonds is 10. The maximum Gasteiger partial charge on any atom is 0.220 e. The van der Waals surface area contributed by atoms with Crippen LogP contribution in [-0.2, 0) is 11.2 Å². The van der Waals surface area contributed by atoms with Gasteiger partial charge in [0.05, 0.1) is 18.8 Å². The molecular formula is C22H25N3O3. The van der Waals surface area contributed by atoms with Gasteiger partial charge in [-0.2, -0.15) is 0 Å². The van der Waals surface area contributed by atoms with Crippen molar-refractivity contribution in [3.63, 3.8) is 0 Å². The molecule has 0 bridgehead atoms. The molecule has 146 valence electrons. The first kappa shape index (κ1) is 19.6. The Kier molecular flexibility index (Phi) is 6.78. The second kappa shape index (κ2) is 9.69. The number of Topliss-reactive ketones (excluding diaryl/α,β-unsaturated/α-hetero) is 1. The molecule has 0 aliphatic rings. The van der Waals surface area contributed by atoms with Gasteiger partial charge < -0.3 is 14.5 Å². The summed E-state index contributed by atoms with van der Waals surface area (Å²) in [5, 5.41) is 2.92. The van der Waals surface area contributed by atoms with Gasteiger partial charge in [0.15, 0.2) is 5.78 Å². The number of fused-ring (bicyclic) bond motifs is 1. The van der Waals surface area contributed by atoms with E-state index in [1.807, 2.05) is 30.6 Å². The number of ketones is 1. The fraction of sp³-hybridized carbons (Fsp3) is 0.318. The number of pyridine rings is 1. The van der Waals surface area contributed by atoms with Crippen LogP contribution in [0.3, 0.4) is 0 Å². The van der Waals surface area contributed by atoms with Gasteiger partial charge in [0, 0.05) is 37.6 Å². The van der Waals surface area contributed by atoms with Crippen LogP contribution in [0.25, 0.3) is 5.52 Å². The molecule has 0 saturated heterocycles. The van der Waals surface area contributed by atoms with E-state index >= 15 is 0 Å². The van der Waals surface area contributed by atoms with E-state index in [1.54, 1.807) is 31.4 Å². The smallest absolute Gasteiger partial charge is 0.220 e. The summed E-state index contributed by atoms with van der Waals surface area (Å²) in [6.45, 7) is 0.604. The van der Waals surface area contributed by atoms with Crippen LogP contribution in [0, 0.1) is 0 Å². The van der Waals surface area contributed by atoms with Crippen molar-refractivity contribution >= 4 is 17.2 Å². The fourth-order valence-corrected chi connectivity index (χ4v) is 3.08. The van der Waals surface area contributed by atoms with Crippen LogP contribution in [0.2, 0.25) is 0 Å². The van der Waals surface area contributed by atoms with Crippen LogP contribution in [0.1, 0.15) is 41.9 Å². The van der Waals surface area contributed by atoms with E-state index in [2.05, 4.69) is 14.7 Å². The third-order valence-electron chi connectivity index (χ3n) is 4.63. The van der Waals surface area contributed by atoms with Crippen molar-refractivity contribution in [2.75, 3.05) is 13.7 Å². The van der Waals surface area contributed by atoms with Gasteiger partial charge in [-0.3, -0.25) is 9.59 Å². The van der Waals surface area contributed by atoms with Crippen molar-refractivity contribution in [2.24, 2.45) is 0 Å². The van der Waals surface area contributed by atoms with Crippen LogP contribution >= 0.6 is 0 Å². The highest BCUT2D eigenvalue weighted by molar-refractivity contribution is 5.96. The Hall–Kier alpha value is -3.15. The van der Waals surface area contributed by atoms with E-state index in [0.717, 1.165) is 29.9 Å². The molecule has 2 aromatic heterocycles. The maximum atomic E-state index is 12.1. The lowest BCUT2D eigenvalue weighted by atomic mass is 10.1. The first-order valence-corrected chi connectivity index (χ1v) is 9.52. The second-order valence-corrected chi connectivity index (χ2v) is 6.63. The van der Waals surface area contributed by atoms with Gasteiger partial charge in [0.25, 0.3) is 0 Å². The molecule has 3 rings (SSSR count). The predicted molar refractivity (Wildman–Crippen MR) is 108 cm³/mol. The summed E-state index contributed by atoms with van der Waals surface area (Å²) < 4.78 is 7.15. The van der Waals surface area contributed by atoms with E-state index in [1.165, 1.54) is 0 Å². The van der Waals surface area contributed by atoms with Crippen LogP contribution < -0.4 is 10.1 Å². The van der Waals surface area contributed by atoms with E-state index in [4.69, 9.17) is 4.74 Å². The number of nitrogens with one attached hydrogen (secondary N) is 1. The first-order valence-electron chi connectivity index (χ1n) is 9.52. The van der Waals surface area contributed by atoms with Crippen molar-refractivity contribution in [3.8, 4) is 5.75 Å². The number of hydrogen-bond donors (Lipinski definition) is 1. The minimum Gasteiger partial charge on any atom is -0.497 e. The molecule has 1 aromatic carbocycles. The Labute approximate surface area is 164 Å². The van der Waals surface area contributed by atoms with Crippen LogP contribution in [0.15, 0.2) is 54.9 Å². The molecule has 3 aromatic rings. The van der Waals surface area contributed by atoms with Crippen LogP contribution in [0.4, 0.5) is 0 Å². The molecule has 0 aliphatic carbocycles. The summed E-state index contributed by atoms with van der Waals surface area (Å²) in [4.78, 5) is 28.5. The molecule has 6 heteroatoms. The quantitative estimate of drug-likeness (QED) is 0.433. The van der Waals surface area contributed by atoms with Crippen molar-refractivity contribution in [1.82, 2.24) is 14.7 Å². The minimum absolute atomic E-state index is 0.0180. The highest BCUT2D eigenvalue weighted by atomic mass is 16.5.